The molecule has 3 rings (SSSR count). The van der Waals surface area contributed by atoms with Gasteiger partial charge in [0, 0.05) is 16.5 Å². The summed E-state index contributed by atoms with van der Waals surface area (Å²) in [5.74, 6) is 1.54. The quantitative estimate of drug-likeness (QED) is 0.663. The lowest BCUT2D eigenvalue weighted by Gasteiger charge is -2.01. The highest BCUT2D eigenvalue weighted by atomic mass is 16.5. The van der Waals surface area contributed by atoms with E-state index in [2.05, 4.69) is 0 Å². The summed E-state index contributed by atoms with van der Waals surface area (Å²) in [5.41, 5.74) is 2.36. The second kappa shape index (κ2) is 4.61. The smallest absolute Gasteiger partial charge is 0.150 e. The molecule has 19 heavy (non-hydrogen) atoms. The number of ether oxygens (including phenoxy) is 1. The van der Waals surface area contributed by atoms with Crippen LogP contribution in [-0.4, -0.2) is 13.4 Å². The lowest BCUT2D eigenvalue weighted by molar-refractivity contribution is 0.112. The second-order valence-electron chi connectivity index (χ2n) is 4.26. The average Bonchev–Trinajstić information content (AvgIpc) is 2.90. The highest BCUT2D eigenvalue weighted by Gasteiger charge is 2.07. The van der Waals surface area contributed by atoms with E-state index in [1.54, 1.807) is 13.2 Å². The maximum atomic E-state index is 10.8. The van der Waals surface area contributed by atoms with E-state index in [1.807, 2.05) is 42.5 Å². The molecule has 0 N–H and O–H groups in total. The van der Waals surface area contributed by atoms with Crippen LogP contribution in [0.3, 0.4) is 0 Å². The molecular weight excluding hydrogens is 240 g/mol. The fourth-order valence-corrected chi connectivity index (χ4v) is 2.05. The van der Waals surface area contributed by atoms with Crippen LogP contribution in [0.25, 0.3) is 22.3 Å². The molecule has 0 amide bonds. The van der Waals surface area contributed by atoms with Crippen molar-refractivity contribution in [2.45, 2.75) is 0 Å². The number of hydrogen-bond donors (Lipinski definition) is 0. The van der Waals surface area contributed by atoms with Crippen LogP contribution in [0.1, 0.15) is 10.4 Å². The van der Waals surface area contributed by atoms with Crippen molar-refractivity contribution in [3.63, 3.8) is 0 Å². The molecule has 0 saturated heterocycles. The van der Waals surface area contributed by atoms with Gasteiger partial charge in [-0.3, -0.25) is 4.79 Å². The number of carbonyl (C=O) groups is 1. The minimum absolute atomic E-state index is 0.644. The molecule has 3 aromatic rings. The molecule has 0 unspecified atom stereocenters. The predicted molar refractivity (Wildman–Crippen MR) is 73.6 cm³/mol. The molecule has 0 spiro atoms. The maximum Gasteiger partial charge on any atom is 0.150 e. The Balaban J connectivity index is 2.11. The Bertz CT molecular complexity index is 741. The first-order valence-corrected chi connectivity index (χ1v) is 5.93. The lowest BCUT2D eigenvalue weighted by atomic mass is 10.1. The molecule has 2 aromatic carbocycles. The molecule has 0 aliphatic heterocycles. The number of rotatable bonds is 3. The first kappa shape index (κ1) is 11.5. The van der Waals surface area contributed by atoms with E-state index in [0.717, 1.165) is 34.3 Å². The molecule has 0 bridgehead atoms. The zero-order valence-electron chi connectivity index (χ0n) is 10.4. The summed E-state index contributed by atoms with van der Waals surface area (Å²) in [4.78, 5) is 10.8. The van der Waals surface area contributed by atoms with Crippen molar-refractivity contribution in [3.8, 4) is 17.1 Å². The van der Waals surface area contributed by atoms with Gasteiger partial charge in [0.25, 0.3) is 0 Å². The number of aldehydes is 1. The minimum Gasteiger partial charge on any atom is -0.497 e. The molecule has 3 nitrogen and oxygen atoms in total. The van der Waals surface area contributed by atoms with E-state index in [1.165, 1.54) is 0 Å². The number of furan rings is 1. The van der Waals surface area contributed by atoms with E-state index in [9.17, 15) is 4.79 Å². The van der Waals surface area contributed by atoms with E-state index in [4.69, 9.17) is 9.15 Å². The molecular formula is C16H12O3. The summed E-state index contributed by atoms with van der Waals surface area (Å²) in [7, 11) is 1.63. The third kappa shape index (κ3) is 2.10. The van der Waals surface area contributed by atoms with Gasteiger partial charge in [-0.1, -0.05) is 12.1 Å². The Morgan fingerprint density at radius 3 is 2.79 bits per heavy atom. The van der Waals surface area contributed by atoms with Crippen LogP contribution < -0.4 is 4.74 Å². The largest absolute Gasteiger partial charge is 0.497 e. The van der Waals surface area contributed by atoms with Crippen LogP contribution in [0.15, 0.2) is 52.9 Å². The van der Waals surface area contributed by atoms with Crippen molar-refractivity contribution in [1.82, 2.24) is 0 Å². The van der Waals surface area contributed by atoms with E-state index in [0.29, 0.717) is 5.56 Å². The van der Waals surface area contributed by atoms with Crippen molar-refractivity contribution in [2.24, 2.45) is 0 Å². The molecule has 0 aliphatic rings. The zero-order valence-corrected chi connectivity index (χ0v) is 10.4. The summed E-state index contributed by atoms with van der Waals surface area (Å²) in [6, 6.07) is 15.0. The maximum absolute atomic E-state index is 10.8. The lowest BCUT2D eigenvalue weighted by Crippen LogP contribution is -1.82. The summed E-state index contributed by atoms with van der Waals surface area (Å²) in [6.07, 6.45) is 0.831. The molecule has 0 fully saturated rings. The van der Waals surface area contributed by atoms with Gasteiger partial charge in [-0.15, -0.1) is 0 Å². The van der Waals surface area contributed by atoms with Gasteiger partial charge in [-0.05, 0) is 36.4 Å². The minimum atomic E-state index is 0.644. The van der Waals surface area contributed by atoms with Crippen LogP contribution in [0, 0.1) is 0 Å². The first-order chi connectivity index (χ1) is 9.30. The number of methoxy groups -OCH3 is 1. The van der Waals surface area contributed by atoms with Gasteiger partial charge >= 0.3 is 0 Å². The molecule has 0 atom stereocenters. The highest BCUT2D eigenvalue weighted by Crippen LogP contribution is 2.30. The zero-order chi connectivity index (χ0) is 13.2. The predicted octanol–water partition coefficient (Wildman–Crippen LogP) is 3.92. The molecule has 1 aromatic heterocycles. The number of carbonyl (C=O) groups excluding carboxylic acids is 1. The van der Waals surface area contributed by atoms with E-state index >= 15 is 0 Å². The van der Waals surface area contributed by atoms with Crippen molar-refractivity contribution < 1.29 is 13.9 Å². The fraction of sp³-hybridized carbons (Fsp3) is 0.0625. The molecule has 1 heterocycles. The third-order valence-corrected chi connectivity index (χ3v) is 3.03. The van der Waals surface area contributed by atoms with Gasteiger partial charge in [0.2, 0.25) is 0 Å². The summed E-state index contributed by atoms with van der Waals surface area (Å²) >= 11 is 0. The number of fused-ring (bicyclic) bond motifs is 1. The topological polar surface area (TPSA) is 39.4 Å². The fourth-order valence-electron chi connectivity index (χ4n) is 2.05. The Labute approximate surface area is 110 Å². The van der Waals surface area contributed by atoms with Crippen LogP contribution in [0.4, 0.5) is 0 Å². The van der Waals surface area contributed by atoms with Gasteiger partial charge in [0.1, 0.15) is 23.4 Å². The summed E-state index contributed by atoms with van der Waals surface area (Å²) in [5, 5.41) is 0.919. The molecule has 0 aliphatic carbocycles. The standard InChI is InChI=1S/C16H12O3/c1-18-14-4-2-3-12(8-14)16-9-13-7-11(10-17)5-6-15(13)19-16/h2-10H,1H3. The number of hydrogen-bond acceptors (Lipinski definition) is 3. The molecule has 0 saturated carbocycles. The van der Waals surface area contributed by atoms with Crippen molar-refractivity contribution >= 4 is 17.3 Å². The van der Waals surface area contributed by atoms with Gasteiger partial charge in [0.05, 0.1) is 7.11 Å². The Morgan fingerprint density at radius 2 is 2.00 bits per heavy atom. The van der Waals surface area contributed by atoms with Crippen molar-refractivity contribution in [3.05, 3.63) is 54.1 Å². The first-order valence-electron chi connectivity index (χ1n) is 5.93. The summed E-state index contributed by atoms with van der Waals surface area (Å²) < 4.78 is 11.0. The van der Waals surface area contributed by atoms with Gasteiger partial charge < -0.3 is 9.15 Å². The van der Waals surface area contributed by atoms with Gasteiger partial charge in [0.15, 0.2) is 0 Å². The second-order valence-corrected chi connectivity index (χ2v) is 4.26. The highest BCUT2D eigenvalue weighted by molar-refractivity contribution is 5.88. The Kier molecular flexibility index (Phi) is 2.80. The molecule has 94 valence electrons. The van der Waals surface area contributed by atoms with Crippen LogP contribution in [-0.2, 0) is 0 Å². The van der Waals surface area contributed by atoms with E-state index < -0.39 is 0 Å². The van der Waals surface area contributed by atoms with Crippen molar-refractivity contribution in [1.29, 1.82) is 0 Å². The monoisotopic (exact) mass is 252 g/mol. The Hall–Kier alpha value is -2.55. The van der Waals surface area contributed by atoms with Crippen LogP contribution >= 0.6 is 0 Å². The average molecular weight is 252 g/mol. The molecule has 3 heteroatoms. The SMILES string of the molecule is COc1cccc(-c2cc3cc(C=O)ccc3o2)c1. The Morgan fingerprint density at radius 1 is 1.11 bits per heavy atom. The van der Waals surface area contributed by atoms with Gasteiger partial charge in [-0.2, -0.15) is 0 Å². The van der Waals surface area contributed by atoms with Crippen LogP contribution in [0.2, 0.25) is 0 Å². The normalized spacial score (nSPS) is 10.6. The van der Waals surface area contributed by atoms with Crippen molar-refractivity contribution in [2.75, 3.05) is 7.11 Å². The third-order valence-electron chi connectivity index (χ3n) is 3.03. The summed E-state index contributed by atoms with van der Waals surface area (Å²) in [6.45, 7) is 0. The number of benzene rings is 2. The van der Waals surface area contributed by atoms with Crippen LogP contribution in [0.5, 0.6) is 5.75 Å². The van der Waals surface area contributed by atoms with E-state index in [-0.39, 0.29) is 0 Å². The van der Waals surface area contributed by atoms with Gasteiger partial charge in [-0.25, -0.2) is 0 Å². The molecule has 0 radical (unpaired) electrons.